The summed E-state index contributed by atoms with van der Waals surface area (Å²) in [6.07, 6.45) is 13.0. The van der Waals surface area contributed by atoms with E-state index in [0.29, 0.717) is 3.63 Å². The molecule has 0 nitrogen and oxygen atoms in total. The van der Waals surface area contributed by atoms with E-state index in [0.717, 1.165) is 17.5 Å². The van der Waals surface area contributed by atoms with Crippen LogP contribution in [0.2, 0.25) is 0 Å². The Balaban J connectivity index is 1.77. The number of hydrogen-bond donors (Lipinski definition) is 0. The Morgan fingerprint density at radius 3 is 2.00 bits per heavy atom. The van der Waals surface area contributed by atoms with Crippen LogP contribution in [0, 0.1) is 11.6 Å². The third-order valence-corrected chi connectivity index (χ3v) is 14.6. The molecule has 0 spiro atoms. The molecule has 0 aliphatic heterocycles. The van der Waals surface area contributed by atoms with Gasteiger partial charge in [0.05, 0.1) is 0 Å². The average molecular weight is 426 g/mol. The second-order valence-electron chi connectivity index (χ2n) is 7.44. The van der Waals surface area contributed by atoms with Gasteiger partial charge in [-0.05, 0) is 0 Å². The number of halogens is 2. The Morgan fingerprint density at radius 2 is 1.46 bits per heavy atom. The molecule has 2 aromatic carbocycles. The molecule has 0 saturated heterocycles. The molecule has 3 aliphatic rings. The quantitative estimate of drug-likeness (QED) is 0.534. The second kappa shape index (κ2) is 6.60. The topological polar surface area (TPSA) is 0 Å². The van der Waals surface area contributed by atoms with Crippen molar-refractivity contribution < 1.29 is 30.0 Å². The normalized spacial score (nSPS) is 18.2. The maximum absolute atomic E-state index is 14.0. The van der Waals surface area contributed by atoms with Crippen LogP contribution in [0.4, 0.5) is 8.78 Å². The van der Waals surface area contributed by atoms with Gasteiger partial charge in [-0.3, -0.25) is 0 Å². The van der Waals surface area contributed by atoms with Crippen LogP contribution < -0.4 is 0 Å². The Kier molecular flexibility index (Phi) is 4.24. The number of benzene rings is 2. The Morgan fingerprint density at radius 1 is 0.846 bits per heavy atom. The number of hydrogen-bond acceptors (Lipinski definition) is 0. The van der Waals surface area contributed by atoms with Gasteiger partial charge in [0.2, 0.25) is 0 Å². The van der Waals surface area contributed by atoms with Gasteiger partial charge >= 0.3 is 161 Å². The summed E-state index contributed by atoms with van der Waals surface area (Å²) in [6.45, 7) is 0. The van der Waals surface area contributed by atoms with E-state index in [9.17, 15) is 8.78 Å². The summed E-state index contributed by atoms with van der Waals surface area (Å²) < 4.78 is 31.8. The molecule has 1 saturated carbocycles. The molecule has 0 radical (unpaired) electrons. The van der Waals surface area contributed by atoms with Gasteiger partial charge in [0.1, 0.15) is 0 Å². The number of rotatable bonds is 2. The molecular weight excluding hydrogens is 405 g/mol. The molecule has 0 unspecified atom stereocenters. The first-order valence-electron chi connectivity index (χ1n) is 9.39. The summed E-state index contributed by atoms with van der Waals surface area (Å²) in [4.78, 5) is 0. The first-order chi connectivity index (χ1) is 12.7. The molecule has 0 atom stereocenters. The van der Waals surface area contributed by atoms with Crippen molar-refractivity contribution in [2.24, 2.45) is 0 Å². The van der Waals surface area contributed by atoms with Crippen molar-refractivity contribution in [3.05, 3.63) is 80.7 Å². The van der Waals surface area contributed by atoms with Gasteiger partial charge in [-0.2, -0.15) is 0 Å². The predicted molar refractivity (Wildman–Crippen MR) is 99.0 cm³/mol. The average Bonchev–Trinajstić information content (AvgIpc) is 3.38. The van der Waals surface area contributed by atoms with Crippen LogP contribution in [-0.4, -0.2) is 3.21 Å². The van der Waals surface area contributed by atoms with Crippen LogP contribution in [0.1, 0.15) is 46.9 Å². The van der Waals surface area contributed by atoms with Gasteiger partial charge in [-0.15, -0.1) is 0 Å². The van der Waals surface area contributed by atoms with Crippen molar-refractivity contribution >= 4 is 3.21 Å². The van der Waals surface area contributed by atoms with Crippen molar-refractivity contribution in [2.45, 2.75) is 35.7 Å². The van der Waals surface area contributed by atoms with Gasteiger partial charge in [-0.1, -0.05) is 0 Å². The zero-order valence-corrected chi connectivity index (χ0v) is 17.0. The summed E-state index contributed by atoms with van der Waals surface area (Å²) >= 11 is -2.16. The van der Waals surface area contributed by atoms with Gasteiger partial charge in [-0.25, -0.2) is 0 Å². The SMILES string of the molecule is Fc1ccc2c(c1)-c1cc(F)ccc1[CH]2[Zr]([C]1=CC=CC1)=[C]1CCCC1. The zero-order chi connectivity index (χ0) is 17.7. The fraction of sp³-hybridized carbons (Fsp3) is 0.261. The van der Waals surface area contributed by atoms with E-state index in [4.69, 9.17) is 0 Å². The monoisotopic (exact) mass is 424 g/mol. The minimum atomic E-state index is -2.16. The Hall–Kier alpha value is -1.47. The van der Waals surface area contributed by atoms with Crippen LogP contribution >= 0.6 is 0 Å². The molecule has 0 N–H and O–H groups in total. The van der Waals surface area contributed by atoms with Crippen LogP contribution in [0.3, 0.4) is 0 Å². The summed E-state index contributed by atoms with van der Waals surface area (Å²) in [6, 6.07) is 10.3. The van der Waals surface area contributed by atoms with E-state index in [2.05, 4.69) is 18.2 Å². The molecule has 0 heterocycles. The van der Waals surface area contributed by atoms with Gasteiger partial charge in [0, 0.05) is 0 Å². The molecular formula is C23H20F2Zr. The summed E-state index contributed by atoms with van der Waals surface area (Å²) in [7, 11) is 0. The van der Waals surface area contributed by atoms with E-state index in [-0.39, 0.29) is 11.6 Å². The van der Waals surface area contributed by atoms with Gasteiger partial charge < -0.3 is 0 Å². The van der Waals surface area contributed by atoms with Gasteiger partial charge in [0.15, 0.2) is 0 Å². The van der Waals surface area contributed by atoms with Crippen molar-refractivity contribution in [3.63, 3.8) is 0 Å². The van der Waals surface area contributed by atoms with E-state index < -0.39 is 21.3 Å². The first kappa shape index (κ1) is 16.7. The molecule has 2 aromatic rings. The molecule has 3 aliphatic carbocycles. The third-order valence-electron chi connectivity index (χ3n) is 5.94. The summed E-state index contributed by atoms with van der Waals surface area (Å²) in [5, 5.41) is 0. The second-order valence-corrected chi connectivity index (χ2v) is 14.2. The van der Waals surface area contributed by atoms with Gasteiger partial charge in [0.25, 0.3) is 0 Å². The summed E-state index contributed by atoms with van der Waals surface area (Å²) in [5.41, 5.74) is 4.28. The van der Waals surface area contributed by atoms with E-state index >= 15 is 0 Å². The van der Waals surface area contributed by atoms with Crippen molar-refractivity contribution in [2.75, 3.05) is 0 Å². The fourth-order valence-electron chi connectivity index (χ4n) is 4.84. The van der Waals surface area contributed by atoms with E-state index in [1.807, 2.05) is 12.1 Å². The molecule has 5 rings (SSSR count). The van der Waals surface area contributed by atoms with Crippen LogP contribution in [0.15, 0.2) is 57.9 Å². The molecule has 1 fully saturated rings. The molecule has 130 valence electrons. The summed E-state index contributed by atoms with van der Waals surface area (Å²) in [5.74, 6) is -0.472. The van der Waals surface area contributed by atoms with Crippen molar-refractivity contribution in [1.82, 2.24) is 0 Å². The molecule has 3 heteroatoms. The third kappa shape index (κ3) is 2.67. The Labute approximate surface area is 160 Å². The van der Waals surface area contributed by atoms with Crippen molar-refractivity contribution in [1.29, 1.82) is 0 Å². The molecule has 0 aromatic heterocycles. The standard InChI is InChI=1S/C13H7F2.C5H8.C5H5.Zr/c14-10-3-1-8-5-9-2-4-11(15)7-13(9)12(8)6-10;2*1-2-4-5-3-1;/h1-7H;1-4H2;1-3H,4H2;. The van der Waals surface area contributed by atoms with Crippen molar-refractivity contribution in [3.8, 4) is 11.1 Å². The van der Waals surface area contributed by atoms with E-state index in [1.54, 1.807) is 30.8 Å². The molecule has 26 heavy (non-hydrogen) atoms. The van der Waals surface area contributed by atoms with E-state index in [1.165, 1.54) is 36.8 Å². The zero-order valence-electron chi connectivity index (χ0n) is 14.6. The maximum atomic E-state index is 14.0. The number of fused-ring (bicyclic) bond motifs is 3. The first-order valence-corrected chi connectivity index (χ1v) is 13.3. The molecule has 0 amide bonds. The minimum absolute atomic E-state index is 0.236. The van der Waals surface area contributed by atoms with Crippen LogP contribution in [0.25, 0.3) is 11.1 Å². The predicted octanol–water partition coefficient (Wildman–Crippen LogP) is 6.24. The van der Waals surface area contributed by atoms with Crippen LogP contribution in [-0.2, 0) is 21.3 Å². The fourth-order valence-corrected chi connectivity index (χ4v) is 14.3. The van der Waals surface area contributed by atoms with Crippen LogP contribution in [0.5, 0.6) is 0 Å². The molecule has 0 bridgehead atoms. The Bertz CT molecular complexity index is 938. The number of allylic oxidation sites excluding steroid dienone is 4.